The van der Waals surface area contributed by atoms with Crippen LogP contribution in [0.1, 0.15) is 44.8 Å². The van der Waals surface area contributed by atoms with Gasteiger partial charge in [-0.25, -0.2) is 9.37 Å². The second kappa shape index (κ2) is 5.45. The van der Waals surface area contributed by atoms with Crippen molar-refractivity contribution in [3.05, 3.63) is 51.4 Å². The zero-order chi connectivity index (χ0) is 16.0. The van der Waals surface area contributed by atoms with Crippen LogP contribution in [0.4, 0.5) is 4.39 Å². The Morgan fingerprint density at radius 2 is 2.30 bits per heavy atom. The Labute approximate surface area is 136 Å². The van der Waals surface area contributed by atoms with Crippen LogP contribution in [0.5, 0.6) is 0 Å². The molecule has 1 saturated carbocycles. The molecule has 0 aliphatic heterocycles. The number of fused-ring (bicyclic) bond motifs is 1. The van der Waals surface area contributed by atoms with E-state index in [4.69, 9.17) is 4.42 Å². The summed E-state index contributed by atoms with van der Waals surface area (Å²) in [5.74, 6) is 0.745. The zero-order valence-corrected chi connectivity index (χ0v) is 13.4. The van der Waals surface area contributed by atoms with E-state index in [1.807, 2.05) is 6.92 Å². The Bertz CT molecular complexity index is 895. The van der Waals surface area contributed by atoms with Crippen LogP contribution in [0.2, 0.25) is 0 Å². The van der Waals surface area contributed by atoms with Crippen molar-refractivity contribution in [2.24, 2.45) is 0 Å². The van der Waals surface area contributed by atoms with E-state index in [9.17, 15) is 9.18 Å². The van der Waals surface area contributed by atoms with Gasteiger partial charge in [-0.2, -0.15) is 0 Å². The maximum atomic E-state index is 13.3. The van der Waals surface area contributed by atoms with Crippen molar-refractivity contribution in [3.63, 3.8) is 0 Å². The van der Waals surface area contributed by atoms with Gasteiger partial charge < -0.3 is 9.73 Å². The fourth-order valence-corrected chi connectivity index (χ4v) is 3.58. The lowest BCUT2D eigenvalue weighted by atomic mass is 10.1. The molecule has 1 aromatic carbocycles. The van der Waals surface area contributed by atoms with Gasteiger partial charge in [0.25, 0.3) is 5.91 Å². The number of thiazole rings is 1. The van der Waals surface area contributed by atoms with Crippen LogP contribution in [0, 0.1) is 12.7 Å². The molecular weight excluding hydrogens is 315 g/mol. The molecule has 0 saturated heterocycles. The summed E-state index contributed by atoms with van der Waals surface area (Å²) in [6.07, 6.45) is 3.97. The van der Waals surface area contributed by atoms with Crippen LogP contribution in [0.3, 0.4) is 0 Å². The van der Waals surface area contributed by atoms with Crippen molar-refractivity contribution in [2.45, 2.75) is 32.2 Å². The maximum absolute atomic E-state index is 13.3. The van der Waals surface area contributed by atoms with Gasteiger partial charge in [-0.05, 0) is 38.0 Å². The molecule has 0 bridgehead atoms. The topological polar surface area (TPSA) is 55.1 Å². The average molecular weight is 330 g/mol. The van der Waals surface area contributed by atoms with E-state index in [2.05, 4.69) is 10.3 Å². The minimum atomic E-state index is -0.297. The minimum absolute atomic E-state index is 0.152. The molecule has 0 atom stereocenters. The Morgan fingerprint density at radius 3 is 3.09 bits per heavy atom. The quantitative estimate of drug-likeness (QED) is 0.782. The number of aryl methyl sites for hydroxylation is 1. The highest BCUT2D eigenvalue weighted by atomic mass is 32.1. The lowest BCUT2D eigenvalue weighted by molar-refractivity contribution is 0.0952. The second-order valence-electron chi connectivity index (χ2n) is 5.81. The summed E-state index contributed by atoms with van der Waals surface area (Å²) in [5.41, 5.74) is 1.48. The standard InChI is InChI=1S/C17H15FN2O2S/c1-9-12-6-11(18)4-5-13(12)22-14(9)7-19-16(21)15-8-20-17(23-15)10-2-3-10/h4-6,8,10H,2-3,7H2,1H3,(H,19,21). The molecule has 1 N–H and O–H groups in total. The molecule has 0 unspecified atom stereocenters. The molecule has 23 heavy (non-hydrogen) atoms. The van der Waals surface area contributed by atoms with Gasteiger partial charge in [0, 0.05) is 16.9 Å². The normalized spacial score (nSPS) is 14.3. The number of hydrogen-bond donors (Lipinski definition) is 1. The van der Waals surface area contributed by atoms with Crippen molar-refractivity contribution in [2.75, 3.05) is 0 Å². The van der Waals surface area contributed by atoms with E-state index < -0.39 is 0 Å². The molecule has 118 valence electrons. The number of nitrogens with one attached hydrogen (secondary N) is 1. The molecule has 4 rings (SSSR count). The highest BCUT2D eigenvalue weighted by Crippen LogP contribution is 2.41. The first-order chi connectivity index (χ1) is 11.1. The summed E-state index contributed by atoms with van der Waals surface area (Å²) in [5, 5.41) is 4.63. The van der Waals surface area contributed by atoms with Crippen molar-refractivity contribution in [1.29, 1.82) is 0 Å². The molecule has 2 heterocycles. The summed E-state index contributed by atoms with van der Waals surface area (Å²) >= 11 is 1.45. The maximum Gasteiger partial charge on any atom is 0.263 e. The van der Waals surface area contributed by atoms with E-state index in [0.29, 0.717) is 22.1 Å². The number of carbonyl (C=O) groups is 1. The Hall–Kier alpha value is -2.21. The Kier molecular flexibility index (Phi) is 3.41. The molecule has 3 aromatic rings. The first kappa shape index (κ1) is 14.4. The fraction of sp³-hybridized carbons (Fsp3) is 0.294. The van der Waals surface area contributed by atoms with Crippen molar-refractivity contribution in [1.82, 2.24) is 10.3 Å². The number of benzene rings is 1. The lowest BCUT2D eigenvalue weighted by Crippen LogP contribution is -2.21. The molecule has 6 heteroatoms. The van der Waals surface area contributed by atoms with Gasteiger partial charge in [-0.1, -0.05) is 0 Å². The average Bonchev–Trinajstić information content (AvgIpc) is 3.19. The van der Waals surface area contributed by atoms with Crippen molar-refractivity contribution in [3.8, 4) is 0 Å². The molecule has 1 aliphatic rings. The summed E-state index contributed by atoms with van der Waals surface area (Å²) in [7, 11) is 0. The third-order valence-electron chi connectivity index (χ3n) is 4.08. The first-order valence-electron chi connectivity index (χ1n) is 7.53. The third-order valence-corrected chi connectivity index (χ3v) is 5.24. The van der Waals surface area contributed by atoms with Gasteiger partial charge >= 0.3 is 0 Å². The molecule has 4 nitrogen and oxygen atoms in total. The number of rotatable bonds is 4. The largest absolute Gasteiger partial charge is 0.459 e. The fourth-order valence-electron chi connectivity index (χ4n) is 2.57. The van der Waals surface area contributed by atoms with Gasteiger partial charge in [0.1, 0.15) is 22.0 Å². The van der Waals surface area contributed by atoms with E-state index >= 15 is 0 Å². The van der Waals surface area contributed by atoms with Gasteiger partial charge in [0.15, 0.2) is 0 Å². The van der Waals surface area contributed by atoms with E-state index in [0.717, 1.165) is 16.0 Å². The number of aromatic nitrogens is 1. The van der Waals surface area contributed by atoms with Gasteiger partial charge in [-0.15, -0.1) is 11.3 Å². The molecule has 0 radical (unpaired) electrons. The summed E-state index contributed by atoms with van der Waals surface area (Å²) in [6, 6.07) is 4.42. The van der Waals surface area contributed by atoms with Gasteiger partial charge in [-0.3, -0.25) is 4.79 Å². The Balaban J connectivity index is 1.49. The first-order valence-corrected chi connectivity index (χ1v) is 8.35. The predicted octanol–water partition coefficient (Wildman–Crippen LogP) is 4.14. The molecule has 0 spiro atoms. The Morgan fingerprint density at radius 1 is 1.48 bits per heavy atom. The number of carbonyl (C=O) groups excluding carboxylic acids is 1. The highest BCUT2D eigenvalue weighted by molar-refractivity contribution is 7.13. The van der Waals surface area contributed by atoms with E-state index in [1.165, 1.54) is 36.3 Å². The third kappa shape index (κ3) is 2.74. The predicted molar refractivity (Wildman–Crippen MR) is 86.2 cm³/mol. The highest BCUT2D eigenvalue weighted by Gasteiger charge is 2.27. The number of halogens is 1. The van der Waals surface area contributed by atoms with Crippen LogP contribution in [0.15, 0.2) is 28.8 Å². The van der Waals surface area contributed by atoms with Crippen LogP contribution in [0.25, 0.3) is 11.0 Å². The van der Waals surface area contributed by atoms with Crippen LogP contribution in [-0.4, -0.2) is 10.9 Å². The molecule has 2 aromatic heterocycles. The smallest absolute Gasteiger partial charge is 0.263 e. The van der Waals surface area contributed by atoms with Crippen molar-refractivity contribution >= 4 is 28.2 Å². The summed E-state index contributed by atoms with van der Waals surface area (Å²) in [4.78, 5) is 17.1. The van der Waals surface area contributed by atoms with E-state index in [-0.39, 0.29) is 18.3 Å². The number of amides is 1. The summed E-state index contributed by atoms with van der Waals surface area (Å²) < 4.78 is 19.0. The van der Waals surface area contributed by atoms with Gasteiger partial charge in [0.2, 0.25) is 0 Å². The van der Waals surface area contributed by atoms with E-state index in [1.54, 1.807) is 12.3 Å². The lowest BCUT2D eigenvalue weighted by Gasteiger charge is -2.01. The molecule has 1 aliphatic carbocycles. The number of furan rings is 1. The minimum Gasteiger partial charge on any atom is -0.459 e. The molecule has 1 amide bonds. The molecular formula is C17H15FN2O2S. The molecule has 1 fully saturated rings. The van der Waals surface area contributed by atoms with Crippen LogP contribution < -0.4 is 5.32 Å². The summed E-state index contributed by atoms with van der Waals surface area (Å²) in [6.45, 7) is 2.14. The van der Waals surface area contributed by atoms with Crippen LogP contribution in [-0.2, 0) is 6.54 Å². The number of hydrogen-bond acceptors (Lipinski definition) is 4. The second-order valence-corrected chi connectivity index (χ2v) is 6.87. The SMILES string of the molecule is Cc1c(CNC(=O)c2cnc(C3CC3)s2)oc2ccc(F)cc12. The number of nitrogens with zero attached hydrogens (tertiary/aromatic N) is 1. The monoisotopic (exact) mass is 330 g/mol. The van der Waals surface area contributed by atoms with Crippen molar-refractivity contribution < 1.29 is 13.6 Å². The van der Waals surface area contributed by atoms with Gasteiger partial charge in [0.05, 0.1) is 17.7 Å². The van der Waals surface area contributed by atoms with Crippen LogP contribution >= 0.6 is 11.3 Å². The zero-order valence-electron chi connectivity index (χ0n) is 12.6.